The van der Waals surface area contributed by atoms with Crippen LogP contribution in [0.2, 0.25) is 0 Å². The van der Waals surface area contributed by atoms with Crippen LogP contribution in [0.4, 0.5) is 5.69 Å². The molecule has 0 atom stereocenters. The van der Waals surface area contributed by atoms with Gasteiger partial charge in [0.2, 0.25) is 0 Å². The molecule has 0 aromatic heterocycles. The summed E-state index contributed by atoms with van der Waals surface area (Å²) in [7, 11) is 0. The Morgan fingerprint density at radius 1 is 1.10 bits per heavy atom. The third-order valence-electron chi connectivity index (χ3n) is 5.91. The molecular weight excluding hydrogens is 246 g/mol. The number of hydrogen-bond donors (Lipinski definition) is 1. The average Bonchev–Trinajstić information content (AvgIpc) is 2.38. The zero-order valence-corrected chi connectivity index (χ0v) is 12.4. The van der Waals surface area contributed by atoms with Gasteiger partial charge < -0.3 is 10.5 Å². The number of rotatable bonds is 3. The highest BCUT2D eigenvalue weighted by Gasteiger charge is 2.51. The fourth-order valence-electron chi connectivity index (χ4n) is 5.47. The summed E-state index contributed by atoms with van der Waals surface area (Å²) in [6, 6.07) is 5.99. The second-order valence-electron chi connectivity index (χ2n) is 7.73. The fraction of sp³-hybridized carbons (Fsp3) is 0.667. The fourth-order valence-corrected chi connectivity index (χ4v) is 5.47. The SMILES string of the molecule is Cc1ccc(N)cc1OCC12CC3CC(CC(C3)C1)C2. The van der Waals surface area contributed by atoms with Crippen LogP contribution in [0.15, 0.2) is 18.2 Å². The van der Waals surface area contributed by atoms with Crippen LogP contribution in [-0.2, 0) is 0 Å². The highest BCUT2D eigenvalue weighted by Crippen LogP contribution is 2.60. The molecule has 20 heavy (non-hydrogen) atoms. The van der Waals surface area contributed by atoms with Crippen LogP contribution in [0.3, 0.4) is 0 Å². The molecule has 4 saturated carbocycles. The maximum absolute atomic E-state index is 6.22. The van der Waals surface area contributed by atoms with Crippen LogP contribution in [0.1, 0.15) is 44.1 Å². The molecule has 1 aromatic carbocycles. The molecule has 4 bridgehead atoms. The predicted molar refractivity (Wildman–Crippen MR) is 81.7 cm³/mol. The highest BCUT2D eigenvalue weighted by molar-refractivity contribution is 5.47. The molecule has 0 unspecified atom stereocenters. The summed E-state index contributed by atoms with van der Waals surface area (Å²) in [6.07, 6.45) is 8.70. The number of hydrogen-bond acceptors (Lipinski definition) is 2. The number of nitrogens with two attached hydrogens (primary N) is 1. The first kappa shape index (κ1) is 12.6. The standard InChI is InChI=1S/C18H25NO/c1-12-2-3-16(19)7-17(12)20-11-18-8-13-4-14(9-18)6-15(5-13)10-18/h2-3,7,13-15H,4-6,8-11,19H2,1H3. The van der Waals surface area contributed by atoms with E-state index < -0.39 is 0 Å². The van der Waals surface area contributed by atoms with E-state index in [1.807, 2.05) is 12.1 Å². The summed E-state index contributed by atoms with van der Waals surface area (Å²) in [5.74, 6) is 3.96. The number of benzene rings is 1. The Bertz CT molecular complexity index is 487. The topological polar surface area (TPSA) is 35.2 Å². The molecule has 4 aliphatic rings. The summed E-state index contributed by atoms with van der Waals surface area (Å²) < 4.78 is 6.22. The van der Waals surface area contributed by atoms with Crippen LogP contribution in [-0.4, -0.2) is 6.61 Å². The number of ether oxygens (including phenoxy) is 1. The molecule has 0 spiro atoms. The molecule has 0 heterocycles. The van der Waals surface area contributed by atoms with Crippen molar-refractivity contribution in [3.63, 3.8) is 0 Å². The summed E-state index contributed by atoms with van der Waals surface area (Å²) >= 11 is 0. The Morgan fingerprint density at radius 2 is 1.70 bits per heavy atom. The Labute approximate surface area is 121 Å². The van der Waals surface area contributed by atoms with Gasteiger partial charge in [-0.3, -0.25) is 0 Å². The molecule has 2 nitrogen and oxygen atoms in total. The Hall–Kier alpha value is -1.18. The molecule has 4 aliphatic carbocycles. The zero-order chi connectivity index (χ0) is 13.7. The summed E-state index contributed by atoms with van der Waals surface area (Å²) in [6.45, 7) is 3.01. The van der Waals surface area contributed by atoms with E-state index in [-0.39, 0.29) is 0 Å². The van der Waals surface area contributed by atoms with Crippen molar-refractivity contribution in [2.75, 3.05) is 12.3 Å². The van der Waals surface area contributed by atoms with E-state index >= 15 is 0 Å². The van der Waals surface area contributed by atoms with Crippen molar-refractivity contribution >= 4 is 5.69 Å². The van der Waals surface area contributed by atoms with E-state index in [0.717, 1.165) is 35.8 Å². The van der Waals surface area contributed by atoms with E-state index in [4.69, 9.17) is 10.5 Å². The Kier molecular flexibility index (Phi) is 2.77. The first-order valence-corrected chi connectivity index (χ1v) is 8.11. The van der Waals surface area contributed by atoms with Crippen molar-refractivity contribution in [2.24, 2.45) is 23.2 Å². The summed E-state index contributed by atoms with van der Waals surface area (Å²) in [5.41, 5.74) is 8.36. The molecule has 4 fully saturated rings. The Morgan fingerprint density at radius 3 is 2.30 bits per heavy atom. The van der Waals surface area contributed by atoms with E-state index in [9.17, 15) is 0 Å². The van der Waals surface area contributed by atoms with Gasteiger partial charge in [-0.25, -0.2) is 0 Å². The van der Waals surface area contributed by atoms with E-state index in [0.29, 0.717) is 5.41 Å². The molecule has 0 radical (unpaired) electrons. The van der Waals surface area contributed by atoms with Gasteiger partial charge in [0.15, 0.2) is 0 Å². The molecule has 5 rings (SSSR count). The van der Waals surface area contributed by atoms with Gasteiger partial charge in [-0.2, -0.15) is 0 Å². The Balaban J connectivity index is 1.50. The average molecular weight is 271 g/mol. The lowest BCUT2D eigenvalue weighted by atomic mass is 9.50. The minimum atomic E-state index is 0.478. The first-order valence-electron chi connectivity index (χ1n) is 8.11. The second kappa shape index (κ2) is 4.41. The summed E-state index contributed by atoms with van der Waals surface area (Å²) in [4.78, 5) is 0. The number of anilines is 1. The lowest BCUT2D eigenvalue weighted by Gasteiger charge is -2.56. The van der Waals surface area contributed by atoms with Crippen molar-refractivity contribution in [1.29, 1.82) is 0 Å². The molecular formula is C18H25NO. The minimum Gasteiger partial charge on any atom is -0.493 e. The lowest BCUT2D eigenvalue weighted by molar-refractivity contribution is -0.0746. The third kappa shape index (κ3) is 2.10. The highest BCUT2D eigenvalue weighted by atomic mass is 16.5. The largest absolute Gasteiger partial charge is 0.493 e. The van der Waals surface area contributed by atoms with Crippen LogP contribution < -0.4 is 10.5 Å². The molecule has 0 saturated heterocycles. The monoisotopic (exact) mass is 271 g/mol. The van der Waals surface area contributed by atoms with Crippen LogP contribution in [0.5, 0.6) is 5.75 Å². The smallest absolute Gasteiger partial charge is 0.124 e. The summed E-state index contributed by atoms with van der Waals surface area (Å²) in [5, 5.41) is 0. The van der Waals surface area contributed by atoms with E-state index in [1.165, 1.54) is 44.1 Å². The normalized spacial score (nSPS) is 38.1. The van der Waals surface area contributed by atoms with Gasteiger partial charge in [-0.15, -0.1) is 0 Å². The minimum absolute atomic E-state index is 0.478. The van der Waals surface area contributed by atoms with Crippen molar-refractivity contribution < 1.29 is 4.74 Å². The number of aryl methyl sites for hydroxylation is 1. The molecule has 0 amide bonds. The van der Waals surface area contributed by atoms with Crippen LogP contribution in [0.25, 0.3) is 0 Å². The first-order chi connectivity index (χ1) is 9.62. The van der Waals surface area contributed by atoms with E-state index in [2.05, 4.69) is 13.0 Å². The van der Waals surface area contributed by atoms with Crippen LogP contribution >= 0.6 is 0 Å². The molecule has 1 aromatic rings. The van der Waals surface area contributed by atoms with Gasteiger partial charge in [0, 0.05) is 17.2 Å². The van der Waals surface area contributed by atoms with Crippen molar-refractivity contribution in [3.05, 3.63) is 23.8 Å². The zero-order valence-electron chi connectivity index (χ0n) is 12.4. The van der Waals surface area contributed by atoms with Gasteiger partial charge in [-0.05, 0) is 74.8 Å². The third-order valence-corrected chi connectivity index (χ3v) is 5.91. The maximum atomic E-state index is 6.22. The predicted octanol–water partition coefficient (Wildman–Crippen LogP) is 4.17. The quantitative estimate of drug-likeness (QED) is 0.837. The number of nitrogen functional groups attached to an aromatic ring is 1. The maximum Gasteiger partial charge on any atom is 0.124 e. The van der Waals surface area contributed by atoms with Gasteiger partial charge in [0.1, 0.15) is 5.75 Å². The van der Waals surface area contributed by atoms with Gasteiger partial charge in [0.25, 0.3) is 0 Å². The van der Waals surface area contributed by atoms with E-state index in [1.54, 1.807) is 0 Å². The molecule has 0 aliphatic heterocycles. The van der Waals surface area contributed by atoms with Gasteiger partial charge >= 0.3 is 0 Å². The molecule has 108 valence electrons. The van der Waals surface area contributed by atoms with Crippen molar-refractivity contribution in [1.82, 2.24) is 0 Å². The van der Waals surface area contributed by atoms with Crippen molar-refractivity contribution in [2.45, 2.75) is 45.4 Å². The lowest BCUT2D eigenvalue weighted by Crippen LogP contribution is -2.48. The van der Waals surface area contributed by atoms with Crippen molar-refractivity contribution in [3.8, 4) is 5.75 Å². The second-order valence-corrected chi connectivity index (χ2v) is 7.73. The van der Waals surface area contributed by atoms with Gasteiger partial charge in [-0.1, -0.05) is 6.07 Å². The van der Waals surface area contributed by atoms with Crippen LogP contribution in [0, 0.1) is 30.1 Å². The van der Waals surface area contributed by atoms with Gasteiger partial charge in [0.05, 0.1) is 6.61 Å². The molecule has 2 N–H and O–H groups in total. The molecule has 2 heteroatoms.